The smallest absolute Gasteiger partial charge is 0.251 e. The first kappa shape index (κ1) is 14.4. The number of methoxy groups -OCH3 is 1. The zero-order valence-electron chi connectivity index (χ0n) is 11.4. The second kappa shape index (κ2) is 6.44. The van der Waals surface area contributed by atoms with Crippen molar-refractivity contribution in [2.45, 2.75) is 13.0 Å². The molecule has 1 unspecified atom stereocenters. The van der Waals surface area contributed by atoms with Crippen LogP contribution in [0.15, 0.2) is 48.5 Å². The van der Waals surface area contributed by atoms with Crippen LogP contribution in [-0.4, -0.2) is 13.0 Å². The third kappa shape index (κ3) is 3.52. The van der Waals surface area contributed by atoms with Crippen molar-refractivity contribution in [2.75, 3.05) is 7.11 Å². The van der Waals surface area contributed by atoms with Gasteiger partial charge in [-0.05, 0) is 48.9 Å². The molecule has 0 aliphatic rings. The second-order valence-corrected chi connectivity index (χ2v) is 4.92. The van der Waals surface area contributed by atoms with Gasteiger partial charge in [0.15, 0.2) is 0 Å². The van der Waals surface area contributed by atoms with Crippen LogP contribution in [0.2, 0.25) is 5.02 Å². The molecule has 0 bridgehead atoms. The summed E-state index contributed by atoms with van der Waals surface area (Å²) in [6.45, 7) is 1.93. The quantitative estimate of drug-likeness (QED) is 0.929. The number of carbonyl (C=O) groups is 1. The number of hydrogen-bond acceptors (Lipinski definition) is 2. The zero-order valence-corrected chi connectivity index (χ0v) is 12.1. The molecule has 0 aliphatic heterocycles. The molecule has 2 aromatic carbocycles. The Morgan fingerprint density at radius 1 is 1.20 bits per heavy atom. The fraction of sp³-hybridized carbons (Fsp3) is 0.188. The van der Waals surface area contributed by atoms with Gasteiger partial charge in [0, 0.05) is 10.6 Å². The van der Waals surface area contributed by atoms with Gasteiger partial charge in [0.1, 0.15) is 5.75 Å². The molecule has 1 amide bonds. The summed E-state index contributed by atoms with van der Waals surface area (Å²) in [4.78, 5) is 12.1. The Labute approximate surface area is 123 Å². The molecule has 0 heterocycles. The van der Waals surface area contributed by atoms with Gasteiger partial charge >= 0.3 is 0 Å². The second-order valence-electron chi connectivity index (χ2n) is 4.48. The third-order valence-electron chi connectivity index (χ3n) is 3.05. The van der Waals surface area contributed by atoms with Crippen LogP contribution >= 0.6 is 11.6 Å². The van der Waals surface area contributed by atoms with Gasteiger partial charge in [0.25, 0.3) is 5.91 Å². The minimum absolute atomic E-state index is 0.103. The Hall–Kier alpha value is -2.00. The molecule has 1 atom stereocenters. The molecular formula is C16H16ClNO2. The molecular weight excluding hydrogens is 274 g/mol. The van der Waals surface area contributed by atoms with Crippen LogP contribution < -0.4 is 10.1 Å². The van der Waals surface area contributed by atoms with Crippen molar-refractivity contribution in [3.05, 3.63) is 64.7 Å². The third-order valence-corrected chi connectivity index (χ3v) is 3.30. The summed E-state index contributed by atoms with van der Waals surface area (Å²) in [6, 6.07) is 14.3. The van der Waals surface area contributed by atoms with Gasteiger partial charge in [-0.1, -0.05) is 23.7 Å². The lowest BCUT2D eigenvalue weighted by Crippen LogP contribution is -2.26. The average Bonchev–Trinajstić information content (AvgIpc) is 2.47. The van der Waals surface area contributed by atoms with E-state index in [1.54, 1.807) is 31.4 Å². The number of rotatable bonds is 4. The van der Waals surface area contributed by atoms with Crippen LogP contribution in [0.25, 0.3) is 0 Å². The Balaban J connectivity index is 2.08. The molecule has 0 radical (unpaired) electrons. The molecule has 0 saturated carbocycles. The van der Waals surface area contributed by atoms with Crippen LogP contribution in [-0.2, 0) is 0 Å². The molecule has 0 spiro atoms. The molecule has 0 saturated heterocycles. The van der Waals surface area contributed by atoms with Crippen LogP contribution in [0.3, 0.4) is 0 Å². The van der Waals surface area contributed by atoms with Crippen LogP contribution in [0.4, 0.5) is 0 Å². The van der Waals surface area contributed by atoms with E-state index in [1.165, 1.54) is 0 Å². The average molecular weight is 290 g/mol. The molecule has 0 aliphatic carbocycles. The molecule has 1 N–H and O–H groups in total. The summed E-state index contributed by atoms with van der Waals surface area (Å²) in [5, 5.41) is 3.56. The van der Waals surface area contributed by atoms with Crippen molar-refractivity contribution in [2.24, 2.45) is 0 Å². The van der Waals surface area contributed by atoms with E-state index in [-0.39, 0.29) is 11.9 Å². The molecule has 0 fully saturated rings. The van der Waals surface area contributed by atoms with E-state index < -0.39 is 0 Å². The Kier molecular flexibility index (Phi) is 4.64. The number of ether oxygens (including phenoxy) is 1. The van der Waals surface area contributed by atoms with Crippen LogP contribution in [0.5, 0.6) is 5.75 Å². The van der Waals surface area contributed by atoms with E-state index in [2.05, 4.69) is 5.32 Å². The van der Waals surface area contributed by atoms with Gasteiger partial charge in [-0.2, -0.15) is 0 Å². The highest BCUT2D eigenvalue weighted by Gasteiger charge is 2.11. The van der Waals surface area contributed by atoms with Gasteiger partial charge in [0.2, 0.25) is 0 Å². The summed E-state index contributed by atoms with van der Waals surface area (Å²) < 4.78 is 5.18. The van der Waals surface area contributed by atoms with Crippen molar-refractivity contribution in [1.29, 1.82) is 0 Å². The SMILES string of the molecule is COc1cccc(C(C)NC(=O)c2ccc(Cl)cc2)c1. The Morgan fingerprint density at radius 3 is 2.55 bits per heavy atom. The molecule has 104 valence electrons. The minimum Gasteiger partial charge on any atom is -0.497 e. The van der Waals surface area contributed by atoms with E-state index >= 15 is 0 Å². The molecule has 20 heavy (non-hydrogen) atoms. The topological polar surface area (TPSA) is 38.3 Å². The summed E-state index contributed by atoms with van der Waals surface area (Å²) in [5.41, 5.74) is 1.58. The fourth-order valence-corrected chi connectivity index (χ4v) is 2.00. The predicted molar refractivity (Wildman–Crippen MR) is 80.3 cm³/mol. The minimum atomic E-state index is -0.128. The summed E-state index contributed by atoms with van der Waals surface area (Å²) in [6.07, 6.45) is 0. The van der Waals surface area contributed by atoms with E-state index in [0.29, 0.717) is 10.6 Å². The zero-order chi connectivity index (χ0) is 14.5. The van der Waals surface area contributed by atoms with Crippen molar-refractivity contribution >= 4 is 17.5 Å². The molecule has 4 heteroatoms. The number of hydrogen-bond donors (Lipinski definition) is 1. The lowest BCUT2D eigenvalue weighted by atomic mass is 10.1. The normalized spacial score (nSPS) is 11.8. The largest absolute Gasteiger partial charge is 0.497 e. The maximum Gasteiger partial charge on any atom is 0.251 e. The van der Waals surface area contributed by atoms with E-state index in [1.807, 2.05) is 31.2 Å². The highest BCUT2D eigenvalue weighted by molar-refractivity contribution is 6.30. The maximum absolute atomic E-state index is 12.1. The number of halogens is 1. The van der Waals surface area contributed by atoms with Gasteiger partial charge in [-0.15, -0.1) is 0 Å². The molecule has 2 aromatic rings. The lowest BCUT2D eigenvalue weighted by Gasteiger charge is -2.15. The summed E-state index contributed by atoms with van der Waals surface area (Å²) in [7, 11) is 1.62. The summed E-state index contributed by atoms with van der Waals surface area (Å²) >= 11 is 5.81. The van der Waals surface area contributed by atoms with Gasteiger partial charge in [0.05, 0.1) is 13.2 Å². The number of benzene rings is 2. The van der Waals surface area contributed by atoms with E-state index in [0.717, 1.165) is 11.3 Å². The number of carbonyl (C=O) groups excluding carboxylic acids is 1. The molecule has 2 rings (SSSR count). The van der Waals surface area contributed by atoms with E-state index in [4.69, 9.17) is 16.3 Å². The Morgan fingerprint density at radius 2 is 1.90 bits per heavy atom. The van der Waals surface area contributed by atoms with E-state index in [9.17, 15) is 4.79 Å². The predicted octanol–water partition coefficient (Wildman–Crippen LogP) is 3.84. The first-order chi connectivity index (χ1) is 9.60. The van der Waals surface area contributed by atoms with Crippen molar-refractivity contribution in [3.63, 3.8) is 0 Å². The fourth-order valence-electron chi connectivity index (χ4n) is 1.88. The highest BCUT2D eigenvalue weighted by atomic mass is 35.5. The van der Waals surface area contributed by atoms with Crippen LogP contribution in [0.1, 0.15) is 28.9 Å². The first-order valence-electron chi connectivity index (χ1n) is 6.30. The van der Waals surface area contributed by atoms with Crippen molar-refractivity contribution in [3.8, 4) is 5.75 Å². The first-order valence-corrected chi connectivity index (χ1v) is 6.68. The molecule has 0 aromatic heterocycles. The van der Waals surface area contributed by atoms with Crippen LogP contribution in [0, 0.1) is 0 Å². The van der Waals surface area contributed by atoms with Gasteiger partial charge < -0.3 is 10.1 Å². The van der Waals surface area contributed by atoms with Crippen molar-refractivity contribution < 1.29 is 9.53 Å². The molecule has 3 nitrogen and oxygen atoms in total. The van der Waals surface area contributed by atoms with Crippen molar-refractivity contribution in [1.82, 2.24) is 5.32 Å². The van der Waals surface area contributed by atoms with Gasteiger partial charge in [-0.25, -0.2) is 0 Å². The summed E-state index contributed by atoms with van der Waals surface area (Å²) in [5.74, 6) is 0.645. The monoisotopic (exact) mass is 289 g/mol. The number of amides is 1. The maximum atomic E-state index is 12.1. The Bertz CT molecular complexity index is 596. The highest BCUT2D eigenvalue weighted by Crippen LogP contribution is 2.19. The van der Waals surface area contributed by atoms with Gasteiger partial charge in [-0.3, -0.25) is 4.79 Å². The standard InChI is InChI=1S/C16H16ClNO2/c1-11(13-4-3-5-15(10-13)20-2)18-16(19)12-6-8-14(17)9-7-12/h3-11H,1-2H3,(H,18,19). The number of nitrogens with one attached hydrogen (secondary N) is 1. The lowest BCUT2D eigenvalue weighted by molar-refractivity contribution is 0.0940.